The van der Waals surface area contributed by atoms with Crippen LogP contribution in [0.3, 0.4) is 0 Å². The maximum atomic E-state index is 12.6. The number of halogens is 1. The second-order valence-corrected chi connectivity index (χ2v) is 6.60. The highest BCUT2D eigenvalue weighted by Gasteiger charge is 2.16. The summed E-state index contributed by atoms with van der Waals surface area (Å²) in [6.45, 7) is 0. The Labute approximate surface area is 156 Å². The number of anilines is 2. The largest absolute Gasteiger partial charge is 0.465 e. The Bertz CT molecular complexity index is 819. The number of amides is 1. The molecule has 1 aliphatic carbocycles. The molecule has 1 aromatic carbocycles. The van der Waals surface area contributed by atoms with Crippen molar-refractivity contribution in [1.82, 2.24) is 4.98 Å². The average molecular weight is 374 g/mol. The van der Waals surface area contributed by atoms with Gasteiger partial charge in [-0.3, -0.25) is 4.79 Å². The maximum absolute atomic E-state index is 12.6. The number of carbonyl (C=O) groups is 2. The summed E-state index contributed by atoms with van der Waals surface area (Å²) < 4.78 is 4.69. The van der Waals surface area contributed by atoms with Crippen LogP contribution in [0.4, 0.5) is 11.5 Å². The van der Waals surface area contributed by atoms with Gasteiger partial charge >= 0.3 is 5.97 Å². The first-order valence-corrected chi connectivity index (χ1v) is 8.86. The smallest absolute Gasteiger partial charge is 0.337 e. The molecule has 0 bridgehead atoms. The zero-order chi connectivity index (χ0) is 18.5. The SMILES string of the molecule is COC(=O)c1ccc(Cl)c(NC(=O)c2ccnc(NC3CCCC3)c2)c1. The van der Waals surface area contributed by atoms with Crippen molar-refractivity contribution in [2.45, 2.75) is 31.7 Å². The molecule has 1 aromatic heterocycles. The number of benzene rings is 1. The molecule has 26 heavy (non-hydrogen) atoms. The first kappa shape index (κ1) is 18.2. The third-order valence-electron chi connectivity index (χ3n) is 4.36. The van der Waals surface area contributed by atoms with Gasteiger partial charge in [-0.05, 0) is 43.2 Å². The minimum atomic E-state index is -0.496. The molecule has 2 N–H and O–H groups in total. The number of carbonyl (C=O) groups excluding carboxylic acids is 2. The first-order valence-electron chi connectivity index (χ1n) is 8.48. The van der Waals surface area contributed by atoms with E-state index in [0.29, 0.717) is 33.7 Å². The summed E-state index contributed by atoms with van der Waals surface area (Å²) in [6.07, 6.45) is 6.26. The Balaban J connectivity index is 1.74. The van der Waals surface area contributed by atoms with Crippen LogP contribution in [0.1, 0.15) is 46.4 Å². The van der Waals surface area contributed by atoms with Gasteiger partial charge in [0.1, 0.15) is 5.82 Å². The lowest BCUT2D eigenvalue weighted by Gasteiger charge is -2.13. The molecule has 1 fully saturated rings. The van der Waals surface area contributed by atoms with Crippen molar-refractivity contribution in [3.05, 3.63) is 52.7 Å². The summed E-state index contributed by atoms with van der Waals surface area (Å²) in [5.74, 6) is -0.145. The molecule has 2 aromatic rings. The van der Waals surface area contributed by atoms with Crippen molar-refractivity contribution in [3.8, 4) is 0 Å². The van der Waals surface area contributed by atoms with Crippen molar-refractivity contribution >= 4 is 35.0 Å². The molecule has 1 aliphatic rings. The van der Waals surface area contributed by atoms with E-state index in [2.05, 4.69) is 20.4 Å². The Morgan fingerprint density at radius 2 is 1.92 bits per heavy atom. The molecule has 1 heterocycles. The maximum Gasteiger partial charge on any atom is 0.337 e. The van der Waals surface area contributed by atoms with Crippen LogP contribution in [0, 0.1) is 0 Å². The molecule has 1 saturated carbocycles. The number of pyridine rings is 1. The fourth-order valence-electron chi connectivity index (χ4n) is 2.99. The van der Waals surface area contributed by atoms with E-state index in [0.717, 1.165) is 12.8 Å². The molecule has 136 valence electrons. The van der Waals surface area contributed by atoms with Crippen molar-refractivity contribution in [2.75, 3.05) is 17.7 Å². The summed E-state index contributed by atoms with van der Waals surface area (Å²) in [4.78, 5) is 28.5. The fraction of sp³-hybridized carbons (Fsp3) is 0.316. The quantitative estimate of drug-likeness (QED) is 0.770. The van der Waals surface area contributed by atoms with Crippen LogP contribution in [-0.4, -0.2) is 30.0 Å². The summed E-state index contributed by atoms with van der Waals surface area (Å²) in [5, 5.41) is 6.43. The normalized spacial score (nSPS) is 14.1. The third kappa shape index (κ3) is 4.32. The van der Waals surface area contributed by atoms with Crippen LogP contribution >= 0.6 is 11.6 Å². The summed E-state index contributed by atoms with van der Waals surface area (Å²) in [6, 6.07) is 8.33. The van der Waals surface area contributed by atoms with Crippen LogP contribution in [0.2, 0.25) is 5.02 Å². The van der Waals surface area contributed by atoms with Gasteiger partial charge in [-0.1, -0.05) is 24.4 Å². The van der Waals surface area contributed by atoms with Gasteiger partial charge in [-0.15, -0.1) is 0 Å². The molecule has 0 spiro atoms. The number of hydrogen-bond donors (Lipinski definition) is 2. The zero-order valence-electron chi connectivity index (χ0n) is 14.4. The topological polar surface area (TPSA) is 80.3 Å². The lowest BCUT2D eigenvalue weighted by Crippen LogP contribution is -2.17. The predicted molar refractivity (Wildman–Crippen MR) is 101 cm³/mol. The highest BCUT2D eigenvalue weighted by atomic mass is 35.5. The second kappa shape index (κ2) is 8.19. The molecule has 0 atom stereocenters. The van der Waals surface area contributed by atoms with Gasteiger partial charge in [0.2, 0.25) is 0 Å². The molecule has 0 saturated heterocycles. The minimum absolute atomic E-state index is 0.311. The van der Waals surface area contributed by atoms with E-state index in [-0.39, 0.29) is 5.91 Å². The van der Waals surface area contributed by atoms with Crippen molar-refractivity contribution in [2.24, 2.45) is 0 Å². The Kier molecular flexibility index (Phi) is 5.73. The van der Waals surface area contributed by atoms with Crippen molar-refractivity contribution < 1.29 is 14.3 Å². The number of rotatable bonds is 5. The molecular weight excluding hydrogens is 354 g/mol. The van der Waals surface area contributed by atoms with E-state index in [4.69, 9.17) is 11.6 Å². The fourth-order valence-corrected chi connectivity index (χ4v) is 3.16. The predicted octanol–water partition coefficient (Wildman–Crippen LogP) is 4.13. The van der Waals surface area contributed by atoms with Gasteiger partial charge in [-0.2, -0.15) is 0 Å². The first-order chi connectivity index (χ1) is 12.6. The third-order valence-corrected chi connectivity index (χ3v) is 4.69. The minimum Gasteiger partial charge on any atom is -0.465 e. The molecule has 3 rings (SSSR count). The van der Waals surface area contributed by atoms with Crippen LogP contribution in [-0.2, 0) is 4.74 Å². The molecular formula is C19H20ClN3O3. The van der Waals surface area contributed by atoms with Crippen LogP contribution < -0.4 is 10.6 Å². The Morgan fingerprint density at radius 3 is 2.65 bits per heavy atom. The Hall–Kier alpha value is -2.60. The van der Waals surface area contributed by atoms with E-state index in [1.165, 1.54) is 26.0 Å². The van der Waals surface area contributed by atoms with E-state index in [1.807, 2.05) is 0 Å². The molecule has 0 unspecified atom stereocenters. The van der Waals surface area contributed by atoms with E-state index >= 15 is 0 Å². The lowest BCUT2D eigenvalue weighted by atomic mass is 10.2. The highest BCUT2D eigenvalue weighted by molar-refractivity contribution is 6.34. The zero-order valence-corrected chi connectivity index (χ0v) is 15.2. The molecule has 7 heteroatoms. The second-order valence-electron chi connectivity index (χ2n) is 6.20. The number of ether oxygens (including phenoxy) is 1. The summed E-state index contributed by atoms with van der Waals surface area (Å²) >= 11 is 6.13. The van der Waals surface area contributed by atoms with Gasteiger partial charge in [0.15, 0.2) is 0 Å². The highest BCUT2D eigenvalue weighted by Crippen LogP contribution is 2.25. The van der Waals surface area contributed by atoms with E-state index in [1.54, 1.807) is 30.5 Å². The Morgan fingerprint density at radius 1 is 1.15 bits per heavy atom. The van der Waals surface area contributed by atoms with Crippen LogP contribution in [0.15, 0.2) is 36.5 Å². The number of nitrogens with zero attached hydrogens (tertiary/aromatic N) is 1. The van der Waals surface area contributed by atoms with Gasteiger partial charge in [0.25, 0.3) is 5.91 Å². The molecule has 0 radical (unpaired) electrons. The van der Waals surface area contributed by atoms with Gasteiger partial charge in [-0.25, -0.2) is 9.78 Å². The van der Waals surface area contributed by atoms with Crippen LogP contribution in [0.25, 0.3) is 0 Å². The van der Waals surface area contributed by atoms with Gasteiger partial charge in [0, 0.05) is 17.8 Å². The molecule has 0 aliphatic heterocycles. The van der Waals surface area contributed by atoms with Gasteiger partial charge in [0.05, 0.1) is 23.4 Å². The molecule has 6 nitrogen and oxygen atoms in total. The summed E-state index contributed by atoms with van der Waals surface area (Å²) in [7, 11) is 1.30. The monoisotopic (exact) mass is 373 g/mol. The van der Waals surface area contributed by atoms with Crippen molar-refractivity contribution in [1.29, 1.82) is 0 Å². The number of methoxy groups -OCH3 is 1. The van der Waals surface area contributed by atoms with E-state index < -0.39 is 5.97 Å². The van der Waals surface area contributed by atoms with Gasteiger partial charge < -0.3 is 15.4 Å². The van der Waals surface area contributed by atoms with Crippen molar-refractivity contribution in [3.63, 3.8) is 0 Å². The number of hydrogen-bond acceptors (Lipinski definition) is 5. The average Bonchev–Trinajstić information content (AvgIpc) is 3.16. The number of aromatic nitrogens is 1. The number of nitrogens with one attached hydrogen (secondary N) is 2. The lowest BCUT2D eigenvalue weighted by molar-refractivity contribution is 0.0600. The molecule has 1 amide bonds. The standard InChI is InChI=1S/C19H20ClN3O3/c1-26-19(25)13-6-7-15(20)16(10-13)23-18(24)12-8-9-21-17(11-12)22-14-4-2-3-5-14/h6-11,14H,2-5H2,1H3,(H,21,22)(H,23,24). The van der Waals surface area contributed by atoms with Crippen LogP contribution in [0.5, 0.6) is 0 Å². The van der Waals surface area contributed by atoms with E-state index in [9.17, 15) is 9.59 Å². The summed E-state index contributed by atoms with van der Waals surface area (Å²) in [5.41, 5.74) is 1.12. The number of esters is 1.